The number of rotatable bonds is 6. The van der Waals surface area contributed by atoms with Crippen LogP contribution < -0.4 is 5.73 Å². The lowest BCUT2D eigenvalue weighted by Crippen LogP contribution is -2.30. The van der Waals surface area contributed by atoms with Gasteiger partial charge in [-0.3, -0.25) is 0 Å². The standard InChI is InChI=1S/C15H20N2O3S/c1-3-17(11-14-5-4-8-20-14)21(18,19)15-7-6-13(10-16)12(2)9-15/h4-9H,3,10-11,16H2,1-2H3. The summed E-state index contributed by atoms with van der Waals surface area (Å²) >= 11 is 0. The molecule has 1 aromatic heterocycles. The molecule has 0 atom stereocenters. The van der Waals surface area contributed by atoms with E-state index in [2.05, 4.69) is 0 Å². The van der Waals surface area contributed by atoms with Crippen molar-refractivity contribution >= 4 is 10.0 Å². The molecule has 2 rings (SSSR count). The Hall–Kier alpha value is -1.63. The number of nitrogens with zero attached hydrogens (tertiary/aromatic N) is 1. The molecule has 21 heavy (non-hydrogen) atoms. The average Bonchev–Trinajstić information content (AvgIpc) is 2.97. The normalized spacial score (nSPS) is 12.0. The van der Waals surface area contributed by atoms with Crippen molar-refractivity contribution in [2.75, 3.05) is 6.54 Å². The third-order valence-electron chi connectivity index (χ3n) is 3.44. The molecule has 2 N–H and O–H groups in total. The van der Waals surface area contributed by atoms with Gasteiger partial charge in [0.2, 0.25) is 10.0 Å². The summed E-state index contributed by atoms with van der Waals surface area (Å²) in [5.41, 5.74) is 7.44. The Morgan fingerprint density at radius 3 is 2.57 bits per heavy atom. The van der Waals surface area contributed by atoms with Crippen molar-refractivity contribution in [1.29, 1.82) is 0 Å². The zero-order valence-electron chi connectivity index (χ0n) is 12.2. The van der Waals surface area contributed by atoms with Gasteiger partial charge in [-0.2, -0.15) is 4.31 Å². The third kappa shape index (κ3) is 3.34. The van der Waals surface area contributed by atoms with E-state index in [0.717, 1.165) is 11.1 Å². The minimum Gasteiger partial charge on any atom is -0.468 e. The van der Waals surface area contributed by atoms with Gasteiger partial charge in [-0.25, -0.2) is 8.42 Å². The number of sulfonamides is 1. The quantitative estimate of drug-likeness (QED) is 0.888. The van der Waals surface area contributed by atoms with Crippen molar-refractivity contribution in [3.8, 4) is 0 Å². The maximum absolute atomic E-state index is 12.7. The summed E-state index contributed by atoms with van der Waals surface area (Å²) in [4.78, 5) is 0.283. The second kappa shape index (κ2) is 6.43. The smallest absolute Gasteiger partial charge is 0.243 e. The van der Waals surface area contributed by atoms with Crippen LogP contribution in [-0.4, -0.2) is 19.3 Å². The summed E-state index contributed by atoms with van der Waals surface area (Å²) in [6.45, 7) is 4.67. The molecule has 5 nitrogen and oxygen atoms in total. The van der Waals surface area contributed by atoms with Crippen LogP contribution in [0.4, 0.5) is 0 Å². The van der Waals surface area contributed by atoms with Gasteiger partial charge < -0.3 is 10.2 Å². The SMILES string of the molecule is CCN(Cc1ccco1)S(=O)(=O)c1ccc(CN)c(C)c1. The van der Waals surface area contributed by atoms with E-state index in [9.17, 15) is 8.42 Å². The summed E-state index contributed by atoms with van der Waals surface area (Å²) in [7, 11) is -3.54. The maximum atomic E-state index is 12.7. The van der Waals surface area contributed by atoms with Gasteiger partial charge in [0.1, 0.15) is 5.76 Å². The third-order valence-corrected chi connectivity index (χ3v) is 5.35. The molecule has 0 unspecified atom stereocenters. The van der Waals surface area contributed by atoms with Gasteiger partial charge in [-0.1, -0.05) is 13.0 Å². The second-order valence-electron chi connectivity index (χ2n) is 4.80. The van der Waals surface area contributed by atoms with Crippen LogP contribution >= 0.6 is 0 Å². The lowest BCUT2D eigenvalue weighted by atomic mass is 10.1. The van der Waals surface area contributed by atoms with E-state index < -0.39 is 10.0 Å². The predicted octanol–water partition coefficient (Wildman–Crippen LogP) is 2.26. The van der Waals surface area contributed by atoms with Crippen molar-refractivity contribution in [2.45, 2.75) is 31.8 Å². The van der Waals surface area contributed by atoms with Gasteiger partial charge in [-0.15, -0.1) is 0 Å². The fourth-order valence-electron chi connectivity index (χ4n) is 2.15. The van der Waals surface area contributed by atoms with Crippen LogP contribution in [0.3, 0.4) is 0 Å². The van der Waals surface area contributed by atoms with E-state index in [1.165, 1.54) is 10.6 Å². The Morgan fingerprint density at radius 2 is 2.05 bits per heavy atom. The van der Waals surface area contributed by atoms with Gasteiger partial charge in [0.25, 0.3) is 0 Å². The van der Waals surface area contributed by atoms with Crippen LogP contribution in [0.15, 0.2) is 45.9 Å². The minimum absolute atomic E-state index is 0.226. The predicted molar refractivity (Wildman–Crippen MR) is 81.0 cm³/mol. The highest BCUT2D eigenvalue weighted by Crippen LogP contribution is 2.21. The zero-order chi connectivity index (χ0) is 15.5. The van der Waals surface area contributed by atoms with Crippen molar-refractivity contribution in [1.82, 2.24) is 4.31 Å². The minimum atomic E-state index is -3.54. The summed E-state index contributed by atoms with van der Waals surface area (Å²) in [5, 5.41) is 0. The summed E-state index contributed by atoms with van der Waals surface area (Å²) in [6, 6.07) is 8.55. The van der Waals surface area contributed by atoms with Gasteiger partial charge in [-0.05, 0) is 42.3 Å². The molecule has 0 aliphatic heterocycles. The van der Waals surface area contributed by atoms with Crippen LogP contribution in [-0.2, 0) is 23.1 Å². The monoisotopic (exact) mass is 308 g/mol. The molecule has 0 bridgehead atoms. The van der Waals surface area contributed by atoms with E-state index in [0.29, 0.717) is 18.8 Å². The largest absolute Gasteiger partial charge is 0.468 e. The Balaban J connectivity index is 2.32. The Morgan fingerprint density at radius 1 is 1.29 bits per heavy atom. The first-order chi connectivity index (χ1) is 9.98. The fourth-order valence-corrected chi connectivity index (χ4v) is 3.65. The van der Waals surface area contributed by atoms with Crippen LogP contribution in [0.25, 0.3) is 0 Å². The number of aryl methyl sites for hydroxylation is 1. The molecular weight excluding hydrogens is 288 g/mol. The number of benzene rings is 1. The molecule has 0 aliphatic carbocycles. The van der Waals surface area contributed by atoms with E-state index in [1.54, 1.807) is 30.3 Å². The first-order valence-corrected chi connectivity index (χ1v) is 8.25. The fraction of sp³-hybridized carbons (Fsp3) is 0.333. The molecule has 1 heterocycles. The highest BCUT2D eigenvalue weighted by molar-refractivity contribution is 7.89. The van der Waals surface area contributed by atoms with E-state index in [-0.39, 0.29) is 11.4 Å². The lowest BCUT2D eigenvalue weighted by molar-refractivity contribution is 0.375. The van der Waals surface area contributed by atoms with Gasteiger partial charge >= 0.3 is 0 Å². The van der Waals surface area contributed by atoms with Crippen LogP contribution in [0.2, 0.25) is 0 Å². The van der Waals surface area contributed by atoms with E-state index in [1.807, 2.05) is 13.8 Å². The molecule has 0 spiro atoms. The molecule has 0 saturated heterocycles. The van der Waals surface area contributed by atoms with Gasteiger partial charge in [0.15, 0.2) is 0 Å². The number of nitrogens with two attached hydrogens (primary N) is 1. The topological polar surface area (TPSA) is 76.5 Å². The second-order valence-corrected chi connectivity index (χ2v) is 6.74. The number of hydrogen-bond donors (Lipinski definition) is 1. The highest BCUT2D eigenvalue weighted by atomic mass is 32.2. The Kier molecular flexibility index (Phi) is 4.82. The first kappa shape index (κ1) is 15.8. The van der Waals surface area contributed by atoms with Crippen molar-refractivity contribution < 1.29 is 12.8 Å². The highest BCUT2D eigenvalue weighted by Gasteiger charge is 2.24. The Labute approximate surface area is 125 Å². The maximum Gasteiger partial charge on any atom is 0.243 e. The van der Waals surface area contributed by atoms with Crippen molar-refractivity contribution in [3.63, 3.8) is 0 Å². The molecule has 0 amide bonds. The summed E-state index contributed by atoms with van der Waals surface area (Å²) in [5.74, 6) is 0.621. The molecule has 1 aromatic carbocycles. The molecule has 114 valence electrons. The van der Waals surface area contributed by atoms with E-state index >= 15 is 0 Å². The van der Waals surface area contributed by atoms with Crippen LogP contribution in [0.5, 0.6) is 0 Å². The van der Waals surface area contributed by atoms with Crippen LogP contribution in [0.1, 0.15) is 23.8 Å². The summed E-state index contributed by atoms with van der Waals surface area (Å²) in [6.07, 6.45) is 1.54. The number of furan rings is 1. The average molecular weight is 308 g/mol. The molecule has 6 heteroatoms. The molecule has 0 aliphatic rings. The zero-order valence-corrected chi connectivity index (χ0v) is 13.1. The first-order valence-electron chi connectivity index (χ1n) is 6.81. The number of hydrogen-bond acceptors (Lipinski definition) is 4. The van der Waals surface area contributed by atoms with Crippen LogP contribution in [0, 0.1) is 6.92 Å². The van der Waals surface area contributed by atoms with Crippen molar-refractivity contribution in [3.05, 3.63) is 53.5 Å². The molecular formula is C15H20N2O3S. The summed E-state index contributed by atoms with van der Waals surface area (Å²) < 4.78 is 32.0. The molecule has 0 fully saturated rings. The van der Waals surface area contributed by atoms with E-state index in [4.69, 9.17) is 10.2 Å². The molecule has 0 saturated carbocycles. The van der Waals surface area contributed by atoms with Gasteiger partial charge in [0.05, 0.1) is 17.7 Å². The molecule has 0 radical (unpaired) electrons. The Bertz CT molecular complexity index is 694. The van der Waals surface area contributed by atoms with Crippen molar-refractivity contribution in [2.24, 2.45) is 5.73 Å². The lowest BCUT2D eigenvalue weighted by Gasteiger charge is -2.20. The molecule has 2 aromatic rings. The van der Waals surface area contributed by atoms with Gasteiger partial charge in [0, 0.05) is 13.1 Å².